The van der Waals surface area contributed by atoms with E-state index >= 15 is 0 Å². The summed E-state index contributed by atoms with van der Waals surface area (Å²) in [6.07, 6.45) is 0. The molecule has 4 nitrogen and oxygen atoms in total. The van der Waals surface area contributed by atoms with E-state index in [1.165, 1.54) is 18.2 Å². The van der Waals surface area contributed by atoms with Crippen LogP contribution in [-0.2, 0) is 0 Å². The Morgan fingerprint density at radius 2 is 2.00 bits per heavy atom. The molecule has 2 aromatic carbocycles. The summed E-state index contributed by atoms with van der Waals surface area (Å²) in [5.74, 6) is -1.24. The number of nitrogens with one attached hydrogen (secondary N) is 1. The highest BCUT2D eigenvalue weighted by Crippen LogP contribution is 2.24. The first-order valence-corrected chi connectivity index (χ1v) is 6.60. The topological polar surface area (TPSA) is 58.6 Å². The van der Waals surface area contributed by atoms with Gasteiger partial charge in [-0.25, -0.2) is 9.18 Å². The number of anilines is 1. The molecule has 0 aliphatic heterocycles. The van der Waals surface area contributed by atoms with Crippen LogP contribution in [0.15, 0.2) is 42.5 Å². The highest BCUT2D eigenvalue weighted by atomic mass is 35.5. The van der Waals surface area contributed by atoms with Crippen molar-refractivity contribution in [2.75, 3.05) is 18.5 Å². The summed E-state index contributed by atoms with van der Waals surface area (Å²) < 4.78 is 18.9. The Morgan fingerprint density at radius 3 is 2.71 bits per heavy atom. The van der Waals surface area contributed by atoms with Gasteiger partial charge in [-0.05, 0) is 24.3 Å². The van der Waals surface area contributed by atoms with Crippen LogP contribution in [0.2, 0.25) is 5.02 Å². The predicted octanol–water partition coefficient (Wildman–Crippen LogP) is 3.67. The van der Waals surface area contributed by atoms with Crippen LogP contribution in [-0.4, -0.2) is 24.2 Å². The van der Waals surface area contributed by atoms with Crippen molar-refractivity contribution < 1.29 is 19.0 Å². The number of halogens is 2. The molecule has 0 saturated carbocycles. The number of ether oxygens (including phenoxy) is 1. The van der Waals surface area contributed by atoms with Crippen molar-refractivity contribution >= 4 is 23.3 Å². The van der Waals surface area contributed by atoms with Gasteiger partial charge >= 0.3 is 5.97 Å². The van der Waals surface area contributed by atoms with Crippen LogP contribution in [0.3, 0.4) is 0 Å². The van der Waals surface area contributed by atoms with E-state index < -0.39 is 11.8 Å². The minimum atomic E-state index is -1.06. The van der Waals surface area contributed by atoms with Crippen LogP contribution >= 0.6 is 11.6 Å². The van der Waals surface area contributed by atoms with Crippen molar-refractivity contribution in [2.45, 2.75) is 0 Å². The second kappa shape index (κ2) is 6.95. The summed E-state index contributed by atoms with van der Waals surface area (Å²) in [6.45, 7) is 0.462. The number of carboxylic acid groups (broad SMARTS) is 1. The quantitative estimate of drug-likeness (QED) is 0.799. The average Bonchev–Trinajstić information content (AvgIpc) is 2.46. The van der Waals surface area contributed by atoms with Crippen LogP contribution < -0.4 is 10.1 Å². The number of hydrogen-bond donors (Lipinski definition) is 2. The van der Waals surface area contributed by atoms with Crippen LogP contribution in [0.1, 0.15) is 10.4 Å². The number of hydrogen-bond acceptors (Lipinski definition) is 3. The third-order valence-corrected chi connectivity index (χ3v) is 3.06. The molecule has 0 aromatic heterocycles. The fourth-order valence-corrected chi connectivity index (χ4v) is 2.00. The Balaban J connectivity index is 1.92. The van der Waals surface area contributed by atoms with Gasteiger partial charge in [-0.1, -0.05) is 29.8 Å². The Labute approximate surface area is 126 Å². The third kappa shape index (κ3) is 3.86. The van der Waals surface area contributed by atoms with Gasteiger partial charge in [0.25, 0.3) is 0 Å². The minimum Gasteiger partial charge on any atom is -0.491 e. The molecule has 0 fully saturated rings. The van der Waals surface area contributed by atoms with Gasteiger partial charge in [0.2, 0.25) is 0 Å². The molecule has 0 aliphatic carbocycles. The lowest BCUT2D eigenvalue weighted by atomic mass is 10.2. The number of carboxylic acids is 1. The van der Waals surface area contributed by atoms with Crippen molar-refractivity contribution in [3.8, 4) is 5.75 Å². The first-order valence-electron chi connectivity index (χ1n) is 6.22. The molecule has 21 heavy (non-hydrogen) atoms. The van der Waals surface area contributed by atoms with Gasteiger partial charge in [0, 0.05) is 6.54 Å². The summed E-state index contributed by atoms with van der Waals surface area (Å²) in [6, 6.07) is 10.7. The molecule has 0 saturated heterocycles. The second-order valence-electron chi connectivity index (χ2n) is 4.17. The Kier molecular flexibility index (Phi) is 5.00. The average molecular weight is 310 g/mol. The minimum absolute atomic E-state index is 0.0847. The molecular formula is C15H13ClFNO3. The highest BCUT2D eigenvalue weighted by molar-refractivity contribution is 6.33. The van der Waals surface area contributed by atoms with Crippen LogP contribution in [0.4, 0.5) is 10.1 Å². The summed E-state index contributed by atoms with van der Waals surface area (Å²) in [4.78, 5) is 11.0. The molecule has 0 radical (unpaired) electrons. The lowest BCUT2D eigenvalue weighted by Gasteiger charge is -2.11. The molecule has 2 aromatic rings. The number of rotatable bonds is 6. The van der Waals surface area contributed by atoms with E-state index in [0.29, 0.717) is 0 Å². The molecule has 0 atom stereocenters. The van der Waals surface area contributed by atoms with Gasteiger partial charge in [0.05, 0.1) is 10.7 Å². The SMILES string of the molecule is O=C(O)c1ccccc1OCCNc1c(F)cccc1Cl. The zero-order valence-electron chi connectivity index (χ0n) is 11.0. The van der Waals surface area contributed by atoms with Crippen molar-refractivity contribution in [2.24, 2.45) is 0 Å². The molecule has 2 rings (SSSR count). The van der Waals surface area contributed by atoms with Gasteiger partial charge in [0.1, 0.15) is 23.7 Å². The molecule has 0 amide bonds. The van der Waals surface area contributed by atoms with Gasteiger partial charge in [0.15, 0.2) is 0 Å². The zero-order chi connectivity index (χ0) is 15.2. The van der Waals surface area contributed by atoms with Crippen molar-refractivity contribution in [3.63, 3.8) is 0 Å². The molecule has 0 heterocycles. The molecule has 0 bridgehead atoms. The van der Waals surface area contributed by atoms with Crippen LogP contribution in [0.5, 0.6) is 5.75 Å². The zero-order valence-corrected chi connectivity index (χ0v) is 11.7. The van der Waals surface area contributed by atoms with Gasteiger partial charge in [-0.2, -0.15) is 0 Å². The van der Waals surface area contributed by atoms with Crippen molar-refractivity contribution in [1.82, 2.24) is 0 Å². The van der Waals surface area contributed by atoms with Gasteiger partial charge in [-0.3, -0.25) is 0 Å². The summed E-state index contributed by atoms with van der Waals surface area (Å²) in [5, 5.41) is 12.1. The second-order valence-corrected chi connectivity index (χ2v) is 4.58. The van der Waals surface area contributed by atoms with Gasteiger partial charge < -0.3 is 15.2 Å². The molecule has 110 valence electrons. The van der Waals surface area contributed by atoms with Gasteiger partial charge in [-0.15, -0.1) is 0 Å². The molecule has 2 N–H and O–H groups in total. The summed E-state index contributed by atoms with van der Waals surface area (Å²) in [5.41, 5.74) is 0.288. The fourth-order valence-electron chi connectivity index (χ4n) is 1.77. The normalized spacial score (nSPS) is 10.2. The fraction of sp³-hybridized carbons (Fsp3) is 0.133. The smallest absolute Gasteiger partial charge is 0.339 e. The molecule has 0 unspecified atom stereocenters. The third-order valence-electron chi connectivity index (χ3n) is 2.74. The van der Waals surface area contributed by atoms with E-state index in [4.69, 9.17) is 21.4 Å². The number of aromatic carboxylic acids is 1. The van der Waals surface area contributed by atoms with E-state index in [1.807, 2.05) is 0 Å². The Hall–Kier alpha value is -2.27. The molecule has 0 aliphatic rings. The maximum Gasteiger partial charge on any atom is 0.339 e. The van der Waals surface area contributed by atoms with E-state index in [2.05, 4.69) is 5.32 Å². The highest BCUT2D eigenvalue weighted by Gasteiger charge is 2.10. The molecule has 0 spiro atoms. The predicted molar refractivity (Wildman–Crippen MR) is 78.8 cm³/mol. The lowest BCUT2D eigenvalue weighted by molar-refractivity contribution is 0.0692. The Morgan fingerprint density at radius 1 is 1.24 bits per heavy atom. The number of carbonyl (C=O) groups is 1. The van der Waals surface area contributed by atoms with E-state index in [9.17, 15) is 9.18 Å². The maximum atomic E-state index is 13.5. The molecule has 6 heteroatoms. The van der Waals surface area contributed by atoms with E-state index in [0.717, 1.165) is 0 Å². The first-order chi connectivity index (χ1) is 10.1. The lowest BCUT2D eigenvalue weighted by Crippen LogP contribution is -2.14. The number of para-hydroxylation sites is 2. The monoisotopic (exact) mass is 309 g/mol. The van der Waals surface area contributed by atoms with Crippen LogP contribution in [0.25, 0.3) is 0 Å². The number of benzene rings is 2. The van der Waals surface area contributed by atoms with E-state index in [-0.39, 0.29) is 35.2 Å². The Bertz CT molecular complexity index is 628. The van der Waals surface area contributed by atoms with Crippen molar-refractivity contribution in [3.05, 3.63) is 58.9 Å². The first kappa shape index (κ1) is 15.1. The molecular weight excluding hydrogens is 297 g/mol. The standard InChI is InChI=1S/C15H13ClFNO3/c16-11-5-3-6-12(17)14(11)18-8-9-21-13-7-2-1-4-10(13)15(19)20/h1-7,18H,8-9H2,(H,19,20). The van der Waals surface area contributed by atoms with E-state index in [1.54, 1.807) is 24.3 Å². The summed E-state index contributed by atoms with van der Waals surface area (Å²) >= 11 is 5.87. The maximum absolute atomic E-state index is 13.5. The van der Waals surface area contributed by atoms with Crippen molar-refractivity contribution in [1.29, 1.82) is 0 Å². The largest absolute Gasteiger partial charge is 0.491 e. The summed E-state index contributed by atoms with van der Waals surface area (Å²) in [7, 11) is 0. The van der Waals surface area contributed by atoms with Crippen LogP contribution in [0, 0.1) is 5.82 Å².